The second-order valence-electron chi connectivity index (χ2n) is 3.85. The summed E-state index contributed by atoms with van der Waals surface area (Å²) in [7, 11) is 1.87. The number of rotatable bonds is 1. The highest BCUT2D eigenvalue weighted by Crippen LogP contribution is 2.29. The molecule has 1 unspecified atom stereocenters. The monoisotopic (exact) mass is 216 g/mol. The molecule has 0 aromatic carbocycles. The number of nitrogens with zero attached hydrogens (tertiary/aromatic N) is 3. The standard InChI is InChI=1S/C11H12N4O/c1-3-7-5-13-11(12)14-10(7)9-4-8(16)6-15(9)2/h1,5,9H,4,6H2,2H3,(H2,12,13,14). The highest BCUT2D eigenvalue weighted by Gasteiger charge is 2.31. The van der Waals surface area contributed by atoms with Gasteiger partial charge in [0.2, 0.25) is 5.95 Å². The average Bonchev–Trinajstić information content (AvgIpc) is 2.57. The largest absolute Gasteiger partial charge is 0.368 e. The lowest BCUT2D eigenvalue weighted by Crippen LogP contribution is -2.20. The molecule has 5 nitrogen and oxygen atoms in total. The Hall–Kier alpha value is -1.93. The fourth-order valence-corrected chi connectivity index (χ4v) is 1.90. The first-order valence-electron chi connectivity index (χ1n) is 4.92. The second-order valence-corrected chi connectivity index (χ2v) is 3.85. The molecule has 0 bridgehead atoms. The van der Waals surface area contributed by atoms with Gasteiger partial charge in [0.1, 0.15) is 5.78 Å². The van der Waals surface area contributed by atoms with Gasteiger partial charge in [-0.25, -0.2) is 9.97 Å². The summed E-state index contributed by atoms with van der Waals surface area (Å²) in [4.78, 5) is 21.3. The zero-order valence-electron chi connectivity index (χ0n) is 8.97. The van der Waals surface area contributed by atoms with Crippen LogP contribution >= 0.6 is 0 Å². The number of ketones is 1. The molecule has 1 aliphatic rings. The topological polar surface area (TPSA) is 72.1 Å². The van der Waals surface area contributed by atoms with Crippen LogP contribution in [0.1, 0.15) is 23.7 Å². The van der Waals surface area contributed by atoms with Crippen LogP contribution in [0.5, 0.6) is 0 Å². The summed E-state index contributed by atoms with van der Waals surface area (Å²) in [5, 5.41) is 0. The zero-order valence-corrected chi connectivity index (χ0v) is 8.97. The van der Waals surface area contributed by atoms with E-state index in [1.165, 1.54) is 6.20 Å². The van der Waals surface area contributed by atoms with Gasteiger partial charge in [0.05, 0.1) is 23.8 Å². The van der Waals surface area contributed by atoms with Crippen molar-refractivity contribution < 1.29 is 4.79 Å². The molecule has 82 valence electrons. The van der Waals surface area contributed by atoms with E-state index in [0.717, 1.165) is 0 Å². The third-order valence-corrected chi connectivity index (χ3v) is 2.69. The molecule has 16 heavy (non-hydrogen) atoms. The van der Waals surface area contributed by atoms with Crippen molar-refractivity contribution in [2.24, 2.45) is 0 Å². The van der Waals surface area contributed by atoms with Crippen molar-refractivity contribution >= 4 is 11.7 Å². The fraction of sp³-hybridized carbons (Fsp3) is 0.364. The molecule has 1 aromatic heterocycles. The summed E-state index contributed by atoms with van der Waals surface area (Å²) in [5.41, 5.74) is 6.80. The first kappa shape index (κ1) is 10.6. The molecule has 5 heteroatoms. The van der Waals surface area contributed by atoms with E-state index in [1.54, 1.807) is 0 Å². The van der Waals surface area contributed by atoms with Crippen molar-refractivity contribution in [1.82, 2.24) is 14.9 Å². The van der Waals surface area contributed by atoms with E-state index in [1.807, 2.05) is 11.9 Å². The lowest BCUT2D eigenvalue weighted by molar-refractivity contribution is -0.116. The van der Waals surface area contributed by atoms with Crippen molar-refractivity contribution in [3.8, 4) is 12.3 Å². The number of carbonyl (C=O) groups excluding carboxylic acids is 1. The van der Waals surface area contributed by atoms with Gasteiger partial charge in [-0.1, -0.05) is 5.92 Å². The van der Waals surface area contributed by atoms with Crippen LogP contribution in [0.2, 0.25) is 0 Å². The molecular weight excluding hydrogens is 204 g/mol. The van der Waals surface area contributed by atoms with Crippen LogP contribution in [0, 0.1) is 12.3 Å². The van der Waals surface area contributed by atoms with Gasteiger partial charge in [-0.3, -0.25) is 9.69 Å². The third-order valence-electron chi connectivity index (χ3n) is 2.69. The highest BCUT2D eigenvalue weighted by atomic mass is 16.1. The van der Waals surface area contributed by atoms with Crippen LogP contribution in [0.15, 0.2) is 6.20 Å². The maximum Gasteiger partial charge on any atom is 0.220 e. The minimum absolute atomic E-state index is 0.0798. The van der Waals surface area contributed by atoms with E-state index in [4.69, 9.17) is 12.2 Å². The normalized spacial score (nSPS) is 21.0. The Labute approximate surface area is 93.7 Å². The predicted octanol–water partition coefficient (Wildman–Crippen LogP) is -0.0142. The number of terminal acetylenes is 1. The van der Waals surface area contributed by atoms with Crippen LogP contribution in [0.3, 0.4) is 0 Å². The van der Waals surface area contributed by atoms with Crippen molar-refractivity contribution in [3.05, 3.63) is 17.5 Å². The molecule has 1 saturated heterocycles. The van der Waals surface area contributed by atoms with Gasteiger partial charge in [-0.15, -0.1) is 6.42 Å². The molecule has 0 amide bonds. The summed E-state index contributed by atoms with van der Waals surface area (Å²) in [5.74, 6) is 2.89. The number of likely N-dealkylation sites (N-methyl/N-ethyl adjacent to an activating group) is 1. The summed E-state index contributed by atoms with van der Waals surface area (Å²) in [6.07, 6.45) is 7.33. The number of nitrogen functional groups attached to an aromatic ring is 1. The summed E-state index contributed by atoms with van der Waals surface area (Å²) < 4.78 is 0. The number of hydrogen-bond donors (Lipinski definition) is 1. The van der Waals surface area contributed by atoms with E-state index in [0.29, 0.717) is 24.2 Å². The van der Waals surface area contributed by atoms with Crippen LogP contribution in [-0.4, -0.2) is 34.2 Å². The van der Waals surface area contributed by atoms with Crippen molar-refractivity contribution in [3.63, 3.8) is 0 Å². The van der Waals surface area contributed by atoms with Crippen molar-refractivity contribution in [2.45, 2.75) is 12.5 Å². The minimum Gasteiger partial charge on any atom is -0.368 e. The molecule has 0 spiro atoms. The van der Waals surface area contributed by atoms with E-state index >= 15 is 0 Å². The highest BCUT2D eigenvalue weighted by molar-refractivity contribution is 5.83. The van der Waals surface area contributed by atoms with Crippen LogP contribution in [0.25, 0.3) is 0 Å². The Morgan fingerprint density at radius 1 is 1.69 bits per heavy atom. The SMILES string of the molecule is C#Cc1cnc(N)nc1C1CC(=O)CN1C. The summed E-state index contributed by atoms with van der Waals surface area (Å²) in [6, 6.07) is -0.0798. The zero-order chi connectivity index (χ0) is 11.7. The number of likely N-dealkylation sites (tertiary alicyclic amines) is 1. The Kier molecular flexibility index (Phi) is 2.59. The van der Waals surface area contributed by atoms with E-state index in [-0.39, 0.29) is 17.8 Å². The van der Waals surface area contributed by atoms with Crippen molar-refractivity contribution in [2.75, 3.05) is 19.3 Å². The maximum atomic E-state index is 11.4. The molecule has 1 aliphatic heterocycles. The molecule has 0 saturated carbocycles. The van der Waals surface area contributed by atoms with Gasteiger partial charge < -0.3 is 5.73 Å². The second kappa shape index (κ2) is 3.91. The smallest absolute Gasteiger partial charge is 0.220 e. The van der Waals surface area contributed by atoms with E-state index in [9.17, 15) is 4.79 Å². The Balaban J connectivity index is 2.43. The number of hydrogen-bond acceptors (Lipinski definition) is 5. The van der Waals surface area contributed by atoms with E-state index in [2.05, 4.69) is 15.9 Å². The summed E-state index contributed by atoms with van der Waals surface area (Å²) in [6.45, 7) is 0.429. The number of Topliss-reactive ketones (excluding diaryl/α,β-unsaturated/α-hetero) is 1. The molecular formula is C11H12N4O. The van der Waals surface area contributed by atoms with Gasteiger partial charge >= 0.3 is 0 Å². The first-order valence-corrected chi connectivity index (χ1v) is 4.92. The molecule has 2 N–H and O–H groups in total. The molecule has 1 atom stereocenters. The molecule has 1 fully saturated rings. The lowest BCUT2D eigenvalue weighted by atomic mass is 10.1. The van der Waals surface area contributed by atoms with Gasteiger partial charge in [0.15, 0.2) is 0 Å². The van der Waals surface area contributed by atoms with Gasteiger partial charge in [-0.05, 0) is 7.05 Å². The lowest BCUT2D eigenvalue weighted by Gasteiger charge is -2.18. The molecule has 0 aliphatic carbocycles. The van der Waals surface area contributed by atoms with E-state index < -0.39 is 0 Å². The molecule has 1 aromatic rings. The number of carbonyl (C=O) groups is 1. The Bertz CT molecular complexity index is 477. The Morgan fingerprint density at radius 2 is 2.44 bits per heavy atom. The minimum atomic E-state index is -0.0798. The van der Waals surface area contributed by atoms with Crippen LogP contribution in [0.4, 0.5) is 5.95 Å². The predicted molar refractivity (Wildman–Crippen MR) is 59.4 cm³/mol. The van der Waals surface area contributed by atoms with Crippen molar-refractivity contribution in [1.29, 1.82) is 0 Å². The number of aromatic nitrogens is 2. The molecule has 2 rings (SSSR count). The Morgan fingerprint density at radius 3 is 3.00 bits per heavy atom. The molecule has 2 heterocycles. The maximum absolute atomic E-state index is 11.4. The van der Waals surface area contributed by atoms with Gasteiger partial charge in [0.25, 0.3) is 0 Å². The number of nitrogens with two attached hydrogens (primary N) is 1. The van der Waals surface area contributed by atoms with Gasteiger partial charge in [-0.2, -0.15) is 0 Å². The fourth-order valence-electron chi connectivity index (χ4n) is 1.90. The average molecular weight is 216 g/mol. The quantitative estimate of drug-likeness (QED) is 0.668. The molecule has 0 radical (unpaired) electrons. The van der Waals surface area contributed by atoms with Crippen LogP contribution < -0.4 is 5.73 Å². The first-order chi connectivity index (χ1) is 7.61. The number of anilines is 1. The third kappa shape index (κ3) is 1.75. The van der Waals surface area contributed by atoms with Gasteiger partial charge in [0, 0.05) is 12.6 Å². The van der Waals surface area contributed by atoms with Crippen LogP contribution in [-0.2, 0) is 4.79 Å². The summed E-state index contributed by atoms with van der Waals surface area (Å²) >= 11 is 0.